The van der Waals surface area contributed by atoms with Gasteiger partial charge in [-0.15, -0.1) is 0 Å². The van der Waals surface area contributed by atoms with Crippen LogP contribution in [0.4, 0.5) is 5.95 Å². The summed E-state index contributed by atoms with van der Waals surface area (Å²) in [6.07, 6.45) is 2.99. The van der Waals surface area contributed by atoms with Crippen LogP contribution in [0.1, 0.15) is 48.5 Å². The van der Waals surface area contributed by atoms with Gasteiger partial charge < -0.3 is 16.7 Å². The molecule has 188 valence electrons. The van der Waals surface area contributed by atoms with Gasteiger partial charge in [0, 0.05) is 5.56 Å². The van der Waals surface area contributed by atoms with Crippen LogP contribution < -0.4 is 11.6 Å². The highest BCUT2D eigenvalue weighted by atomic mass is 16.4. The summed E-state index contributed by atoms with van der Waals surface area (Å²) in [5.74, 6) is 4.86. The third-order valence-electron chi connectivity index (χ3n) is 6.23. The minimum atomic E-state index is -0.801. The maximum atomic E-state index is 11.6. The number of aromatic nitrogens is 3. The molecule has 1 aliphatic rings. The highest BCUT2D eigenvalue weighted by Crippen LogP contribution is 2.28. The van der Waals surface area contributed by atoms with Crippen molar-refractivity contribution in [3.63, 3.8) is 0 Å². The smallest absolute Gasteiger partial charge is 0.320 e. The Morgan fingerprint density at radius 3 is 2.84 bits per heavy atom. The van der Waals surface area contributed by atoms with E-state index in [1.165, 1.54) is 6.21 Å². The largest absolute Gasteiger partial charge is 0.480 e. The van der Waals surface area contributed by atoms with Crippen molar-refractivity contribution >= 4 is 23.8 Å². The van der Waals surface area contributed by atoms with E-state index in [1.807, 2.05) is 36.1 Å². The van der Waals surface area contributed by atoms with Crippen molar-refractivity contribution < 1.29 is 9.90 Å². The van der Waals surface area contributed by atoms with Crippen molar-refractivity contribution in [2.24, 2.45) is 15.9 Å². The normalized spacial score (nSPS) is 17.1. The number of carbonyl (C=O) groups is 1. The summed E-state index contributed by atoms with van der Waals surface area (Å²) in [5, 5.41) is 22.5. The molecule has 1 saturated heterocycles. The molecular weight excluding hydrogens is 470 g/mol. The van der Waals surface area contributed by atoms with Crippen LogP contribution in [0.2, 0.25) is 0 Å². The molecule has 37 heavy (non-hydrogen) atoms. The molecule has 11 heteroatoms. The van der Waals surface area contributed by atoms with Gasteiger partial charge >= 0.3 is 5.97 Å². The number of pyridine rings is 1. The average Bonchev–Trinajstić information content (AvgIpc) is 3.41. The fourth-order valence-electron chi connectivity index (χ4n) is 4.39. The molecule has 0 amide bonds. The number of nitrogens with two attached hydrogens (primary N) is 2. The summed E-state index contributed by atoms with van der Waals surface area (Å²) in [6.45, 7) is 2.96. The number of aliphatic carboxylic acids is 1. The van der Waals surface area contributed by atoms with Crippen molar-refractivity contribution in [3.8, 4) is 17.3 Å². The van der Waals surface area contributed by atoms with Crippen LogP contribution in [0.25, 0.3) is 11.3 Å². The fourth-order valence-corrected chi connectivity index (χ4v) is 4.39. The molecule has 0 saturated carbocycles. The van der Waals surface area contributed by atoms with E-state index in [0.717, 1.165) is 24.4 Å². The van der Waals surface area contributed by atoms with Gasteiger partial charge in [0.05, 0.1) is 53.2 Å². The molecule has 3 aromatic rings. The van der Waals surface area contributed by atoms with Crippen molar-refractivity contribution in [3.05, 3.63) is 71.2 Å². The van der Waals surface area contributed by atoms with Crippen LogP contribution in [0.5, 0.6) is 0 Å². The van der Waals surface area contributed by atoms with E-state index in [0.29, 0.717) is 34.6 Å². The van der Waals surface area contributed by atoms with Crippen LogP contribution in [-0.4, -0.2) is 55.4 Å². The minimum Gasteiger partial charge on any atom is -0.480 e. The van der Waals surface area contributed by atoms with Crippen molar-refractivity contribution in [1.29, 1.82) is 5.26 Å². The quantitative estimate of drug-likeness (QED) is 0.239. The predicted molar refractivity (Wildman–Crippen MR) is 140 cm³/mol. The van der Waals surface area contributed by atoms with Crippen molar-refractivity contribution in [2.45, 2.75) is 38.4 Å². The topological polar surface area (TPSA) is 180 Å². The zero-order chi connectivity index (χ0) is 26.4. The third kappa shape index (κ3) is 5.94. The molecule has 0 aliphatic carbocycles. The number of hydrogen-bond donors (Lipinski definition) is 3. The molecule has 3 heterocycles. The lowest BCUT2D eigenvalue weighted by Gasteiger charge is -2.28. The summed E-state index contributed by atoms with van der Waals surface area (Å²) in [6, 6.07) is 15.8. The number of carboxylic acids is 1. The number of hydrogen-bond acceptors (Lipinski definition) is 10. The molecule has 0 radical (unpaired) electrons. The number of benzene rings is 1. The van der Waals surface area contributed by atoms with Gasteiger partial charge in [-0.3, -0.25) is 19.7 Å². The van der Waals surface area contributed by atoms with E-state index in [2.05, 4.69) is 26.1 Å². The summed E-state index contributed by atoms with van der Waals surface area (Å²) in [7, 11) is 0. The standard InChI is InChI=1S/C26H27N9O2/c1-16(35-10-4-9-24(35)25(36)37)20-8-3-7-19(31-20)14-30-15-23(34-29)22-12-21(32-26(28)33-22)18-6-2-5-17(11-18)13-27/h2-3,5-8,11-12,15-16,24H,4,9-10,14,29H2,1H3,(H,36,37)(H2,28,32,33)/b30-15?,34-23+/t16-,24+/m0/s1. The van der Waals surface area contributed by atoms with Crippen molar-refractivity contribution in [2.75, 3.05) is 12.3 Å². The summed E-state index contributed by atoms with van der Waals surface area (Å²) in [5.41, 5.74) is 9.87. The van der Waals surface area contributed by atoms with E-state index in [9.17, 15) is 15.2 Å². The second-order valence-corrected chi connectivity index (χ2v) is 8.64. The van der Waals surface area contributed by atoms with Gasteiger partial charge in [0.2, 0.25) is 5.95 Å². The van der Waals surface area contributed by atoms with Gasteiger partial charge in [-0.2, -0.15) is 10.4 Å². The van der Waals surface area contributed by atoms with Crippen LogP contribution in [0.3, 0.4) is 0 Å². The highest BCUT2D eigenvalue weighted by molar-refractivity contribution is 6.37. The lowest BCUT2D eigenvalue weighted by molar-refractivity contribution is -0.142. The number of aliphatic imine (C=N–C) groups is 1. The lowest BCUT2D eigenvalue weighted by atomic mass is 10.1. The molecule has 1 aromatic carbocycles. The van der Waals surface area contributed by atoms with Gasteiger partial charge in [0.1, 0.15) is 11.8 Å². The molecule has 11 nitrogen and oxygen atoms in total. The molecule has 0 unspecified atom stereocenters. The number of nitrogen functional groups attached to an aromatic ring is 1. The summed E-state index contributed by atoms with van der Waals surface area (Å²) >= 11 is 0. The van der Waals surface area contributed by atoms with Gasteiger partial charge in [-0.1, -0.05) is 18.2 Å². The third-order valence-corrected chi connectivity index (χ3v) is 6.23. The van der Waals surface area contributed by atoms with Gasteiger partial charge in [-0.05, 0) is 56.6 Å². The van der Waals surface area contributed by atoms with Gasteiger partial charge in [-0.25, -0.2) is 9.97 Å². The Morgan fingerprint density at radius 1 is 1.27 bits per heavy atom. The second-order valence-electron chi connectivity index (χ2n) is 8.64. The SMILES string of the molecule is C[C@@H](c1cccc(CN=C/C(=N\N)c2cc(-c3cccc(C#N)c3)nc(N)n2)n1)N1CCC[C@@H]1C(=O)O. The van der Waals surface area contributed by atoms with E-state index < -0.39 is 12.0 Å². The zero-order valence-corrected chi connectivity index (χ0v) is 20.3. The molecule has 2 aromatic heterocycles. The first kappa shape index (κ1) is 25.4. The number of nitrogens with zero attached hydrogens (tertiary/aromatic N) is 7. The maximum Gasteiger partial charge on any atom is 0.320 e. The molecule has 5 N–H and O–H groups in total. The molecule has 0 spiro atoms. The number of hydrazone groups is 1. The van der Waals surface area contributed by atoms with Gasteiger partial charge in [0.25, 0.3) is 0 Å². The average molecular weight is 498 g/mol. The summed E-state index contributed by atoms with van der Waals surface area (Å²) < 4.78 is 0. The van der Waals surface area contributed by atoms with Crippen LogP contribution in [-0.2, 0) is 11.3 Å². The highest BCUT2D eigenvalue weighted by Gasteiger charge is 2.34. The number of likely N-dealkylation sites (tertiary alicyclic amines) is 1. The Balaban J connectivity index is 1.50. The first-order valence-electron chi connectivity index (χ1n) is 11.8. The van der Waals surface area contributed by atoms with Crippen LogP contribution >= 0.6 is 0 Å². The van der Waals surface area contributed by atoms with Crippen molar-refractivity contribution in [1.82, 2.24) is 19.9 Å². The van der Waals surface area contributed by atoms with E-state index in [1.54, 1.807) is 24.3 Å². The molecule has 4 rings (SSSR count). The molecule has 2 atom stereocenters. The minimum absolute atomic E-state index is 0.0364. The second kappa shape index (κ2) is 11.4. The predicted octanol–water partition coefficient (Wildman–Crippen LogP) is 2.54. The first-order chi connectivity index (χ1) is 17.9. The Kier molecular flexibility index (Phi) is 7.80. The maximum absolute atomic E-state index is 11.6. The first-order valence-corrected chi connectivity index (χ1v) is 11.8. The molecule has 0 bridgehead atoms. The fraction of sp³-hybridized carbons (Fsp3) is 0.269. The molecule has 1 fully saturated rings. The Hall–Kier alpha value is -4.69. The number of nitriles is 1. The van der Waals surface area contributed by atoms with Gasteiger partial charge in [0.15, 0.2) is 0 Å². The Bertz CT molecular complexity index is 1400. The number of carboxylic acid groups (broad SMARTS) is 1. The van der Waals surface area contributed by atoms with Crippen LogP contribution in [0.15, 0.2) is 58.6 Å². The Labute approximate surface area is 214 Å². The monoisotopic (exact) mass is 497 g/mol. The van der Waals surface area contributed by atoms with Crippen LogP contribution in [0, 0.1) is 11.3 Å². The number of rotatable bonds is 8. The van der Waals surface area contributed by atoms with E-state index in [4.69, 9.17) is 16.6 Å². The summed E-state index contributed by atoms with van der Waals surface area (Å²) in [4.78, 5) is 31.2. The molecule has 1 aliphatic heterocycles. The molecular formula is C26H27N9O2. The van der Waals surface area contributed by atoms with E-state index in [-0.39, 0.29) is 18.5 Å². The lowest BCUT2D eigenvalue weighted by Crippen LogP contribution is -2.38. The Morgan fingerprint density at radius 2 is 2.08 bits per heavy atom. The number of anilines is 1. The van der Waals surface area contributed by atoms with E-state index >= 15 is 0 Å². The zero-order valence-electron chi connectivity index (χ0n) is 20.3.